The van der Waals surface area contributed by atoms with E-state index in [-0.39, 0.29) is 12.5 Å². The van der Waals surface area contributed by atoms with Crippen LogP contribution in [0.4, 0.5) is 0 Å². The van der Waals surface area contributed by atoms with Gasteiger partial charge < -0.3 is 5.11 Å². The summed E-state index contributed by atoms with van der Waals surface area (Å²) in [6.45, 7) is 4.70. The van der Waals surface area contributed by atoms with E-state index in [1.54, 1.807) is 7.05 Å². The van der Waals surface area contributed by atoms with Crippen molar-refractivity contribution in [1.82, 2.24) is 9.03 Å². The number of rotatable bonds is 7. The zero-order valence-electron chi connectivity index (χ0n) is 12.6. The van der Waals surface area contributed by atoms with Gasteiger partial charge in [-0.2, -0.15) is 12.7 Å². The van der Waals surface area contributed by atoms with Crippen molar-refractivity contribution in [2.75, 3.05) is 20.2 Å². The van der Waals surface area contributed by atoms with E-state index in [1.165, 1.54) is 15.6 Å². The lowest BCUT2D eigenvalue weighted by molar-refractivity contribution is 0.305. The largest absolute Gasteiger partial charge is 0.395 e. The molecule has 0 aromatic carbocycles. The predicted molar refractivity (Wildman–Crippen MR) is 86.1 cm³/mol. The Labute approximate surface area is 131 Å². The monoisotopic (exact) mass is 330 g/mol. The van der Waals surface area contributed by atoms with Gasteiger partial charge in [0.1, 0.15) is 0 Å². The molecule has 118 valence electrons. The van der Waals surface area contributed by atoms with Crippen LogP contribution in [0.3, 0.4) is 0 Å². The minimum atomic E-state index is -3.45. The molecule has 1 heterocycles. The van der Waals surface area contributed by atoms with Gasteiger partial charge in [0.25, 0.3) is 10.2 Å². The van der Waals surface area contributed by atoms with Crippen molar-refractivity contribution in [3.63, 3.8) is 0 Å². The fourth-order valence-electron chi connectivity index (χ4n) is 1.45. The first kappa shape index (κ1) is 18.1. The smallest absolute Gasteiger partial charge is 0.279 e. The topological polar surface area (TPSA) is 69.6 Å². The Bertz CT molecular complexity index is 597. The summed E-state index contributed by atoms with van der Waals surface area (Å²) in [5.41, 5.74) is 0.908. The number of hydrogen-bond donors (Lipinski definition) is 2. The summed E-state index contributed by atoms with van der Waals surface area (Å²) in [7, 11) is -1.89. The highest BCUT2D eigenvalue weighted by molar-refractivity contribution is 7.87. The van der Waals surface area contributed by atoms with Gasteiger partial charge in [-0.25, -0.2) is 4.72 Å². The molecule has 1 aromatic rings. The minimum absolute atomic E-state index is 0.0493. The predicted octanol–water partition coefficient (Wildman–Crippen LogP) is 1.40. The third kappa shape index (κ3) is 6.59. The van der Waals surface area contributed by atoms with Gasteiger partial charge in [0, 0.05) is 26.6 Å². The summed E-state index contributed by atoms with van der Waals surface area (Å²) < 4.78 is 27.9. The molecule has 0 atom stereocenters. The van der Waals surface area contributed by atoms with E-state index in [4.69, 9.17) is 5.11 Å². The van der Waals surface area contributed by atoms with E-state index in [2.05, 4.69) is 16.6 Å². The molecule has 1 rings (SSSR count). The molecule has 0 amide bonds. The molecular formula is C14H22N2O3S2. The van der Waals surface area contributed by atoms with Gasteiger partial charge >= 0.3 is 0 Å². The highest BCUT2D eigenvalue weighted by Gasteiger charge is 2.18. The fraction of sp³-hybridized carbons (Fsp3) is 0.571. The van der Waals surface area contributed by atoms with E-state index < -0.39 is 10.2 Å². The first-order valence-corrected chi connectivity index (χ1v) is 9.05. The Hall–Kier alpha value is -0.910. The minimum Gasteiger partial charge on any atom is -0.395 e. The van der Waals surface area contributed by atoms with Crippen LogP contribution in [0.25, 0.3) is 0 Å². The fourth-order valence-corrected chi connectivity index (χ4v) is 3.31. The second kappa shape index (κ2) is 8.51. The number of aliphatic hydroxyl groups is 1. The molecule has 0 spiro atoms. The quantitative estimate of drug-likeness (QED) is 0.743. The van der Waals surface area contributed by atoms with Crippen molar-refractivity contribution in [3.8, 4) is 11.8 Å². The van der Waals surface area contributed by atoms with Crippen LogP contribution in [0.5, 0.6) is 0 Å². The van der Waals surface area contributed by atoms with Crippen LogP contribution in [0.1, 0.15) is 30.7 Å². The second-order valence-electron chi connectivity index (χ2n) is 5.10. The van der Waals surface area contributed by atoms with Gasteiger partial charge in [-0.1, -0.05) is 25.7 Å². The highest BCUT2D eigenvalue weighted by Crippen LogP contribution is 2.16. The third-order valence-corrected chi connectivity index (χ3v) is 4.97. The molecule has 7 heteroatoms. The number of thiophene rings is 1. The molecule has 1 aromatic heterocycles. The zero-order chi connectivity index (χ0) is 15.9. The first-order chi connectivity index (χ1) is 9.85. The van der Waals surface area contributed by atoms with Crippen molar-refractivity contribution >= 4 is 21.5 Å². The third-order valence-electron chi connectivity index (χ3n) is 2.59. The lowest BCUT2D eigenvalue weighted by atomic mass is 10.2. The molecule has 0 fully saturated rings. The average molecular weight is 330 g/mol. The summed E-state index contributed by atoms with van der Waals surface area (Å²) in [5.74, 6) is 6.06. The molecule has 0 aliphatic rings. The first-order valence-electron chi connectivity index (χ1n) is 6.73. The summed E-state index contributed by atoms with van der Waals surface area (Å²) in [6, 6.07) is 1.88. The molecular weight excluding hydrogens is 308 g/mol. The molecule has 0 bridgehead atoms. The SMILES string of the molecule is CC(C)CNS(=O)(=O)N(C)Cc1csc(C#CCCO)c1. The lowest BCUT2D eigenvalue weighted by Crippen LogP contribution is -2.39. The molecule has 0 saturated heterocycles. The van der Waals surface area contributed by atoms with E-state index in [1.807, 2.05) is 25.3 Å². The van der Waals surface area contributed by atoms with E-state index >= 15 is 0 Å². The van der Waals surface area contributed by atoms with Crippen LogP contribution in [-0.4, -0.2) is 38.0 Å². The maximum Gasteiger partial charge on any atom is 0.279 e. The Balaban J connectivity index is 2.63. The highest BCUT2D eigenvalue weighted by atomic mass is 32.2. The Morgan fingerprint density at radius 2 is 2.19 bits per heavy atom. The molecule has 0 aliphatic heterocycles. The van der Waals surface area contributed by atoms with Gasteiger partial charge in [0.2, 0.25) is 0 Å². The molecule has 0 unspecified atom stereocenters. The van der Waals surface area contributed by atoms with Crippen LogP contribution in [0.2, 0.25) is 0 Å². The number of aliphatic hydroxyl groups excluding tert-OH is 1. The Morgan fingerprint density at radius 1 is 1.48 bits per heavy atom. The molecule has 0 aliphatic carbocycles. The van der Waals surface area contributed by atoms with Crippen LogP contribution in [0.15, 0.2) is 11.4 Å². The molecule has 0 saturated carbocycles. The molecule has 2 N–H and O–H groups in total. The lowest BCUT2D eigenvalue weighted by Gasteiger charge is -2.17. The van der Waals surface area contributed by atoms with E-state index in [9.17, 15) is 8.42 Å². The average Bonchev–Trinajstić information content (AvgIpc) is 2.84. The van der Waals surface area contributed by atoms with Gasteiger partial charge in [-0.15, -0.1) is 11.3 Å². The van der Waals surface area contributed by atoms with Gasteiger partial charge in [-0.3, -0.25) is 0 Å². The van der Waals surface area contributed by atoms with Crippen LogP contribution < -0.4 is 4.72 Å². The Morgan fingerprint density at radius 3 is 2.81 bits per heavy atom. The zero-order valence-corrected chi connectivity index (χ0v) is 14.2. The van der Waals surface area contributed by atoms with Crippen molar-refractivity contribution in [1.29, 1.82) is 0 Å². The maximum absolute atomic E-state index is 12.0. The van der Waals surface area contributed by atoms with Crippen LogP contribution in [0, 0.1) is 17.8 Å². The summed E-state index contributed by atoms with van der Waals surface area (Å²) in [5, 5.41) is 10.6. The van der Waals surface area contributed by atoms with Gasteiger partial charge in [-0.05, 0) is 22.9 Å². The molecule has 0 radical (unpaired) electrons. The summed E-state index contributed by atoms with van der Waals surface area (Å²) >= 11 is 1.47. The van der Waals surface area contributed by atoms with Crippen LogP contribution >= 0.6 is 11.3 Å². The van der Waals surface area contributed by atoms with Crippen LogP contribution in [-0.2, 0) is 16.8 Å². The molecule has 21 heavy (non-hydrogen) atoms. The second-order valence-corrected chi connectivity index (χ2v) is 7.87. The maximum atomic E-state index is 12.0. The summed E-state index contributed by atoms with van der Waals surface area (Å²) in [4.78, 5) is 0.874. The van der Waals surface area contributed by atoms with Crippen molar-refractivity contribution in [2.24, 2.45) is 5.92 Å². The number of hydrogen-bond acceptors (Lipinski definition) is 4. The number of nitrogens with zero attached hydrogens (tertiary/aromatic N) is 1. The van der Waals surface area contributed by atoms with Gasteiger partial charge in [0.15, 0.2) is 0 Å². The molecule has 5 nitrogen and oxygen atoms in total. The van der Waals surface area contributed by atoms with Crippen molar-refractivity contribution in [2.45, 2.75) is 26.8 Å². The Kier molecular flexibility index (Phi) is 7.35. The van der Waals surface area contributed by atoms with Gasteiger partial charge in [0.05, 0.1) is 11.5 Å². The standard InChI is InChI=1S/C14H22N2O3S2/c1-12(2)9-15-21(18,19)16(3)10-13-8-14(20-11-13)6-4-5-7-17/h8,11-12,15,17H,5,7,9-10H2,1-3H3. The van der Waals surface area contributed by atoms with E-state index in [0.29, 0.717) is 19.5 Å². The normalized spacial score (nSPS) is 11.7. The van der Waals surface area contributed by atoms with Crippen molar-refractivity contribution < 1.29 is 13.5 Å². The summed E-state index contributed by atoms with van der Waals surface area (Å²) in [6.07, 6.45) is 0.445. The number of nitrogens with one attached hydrogen (secondary N) is 1. The van der Waals surface area contributed by atoms with Crippen molar-refractivity contribution in [3.05, 3.63) is 21.9 Å². The van der Waals surface area contributed by atoms with E-state index in [0.717, 1.165) is 10.4 Å².